The fraction of sp³-hybridized carbons (Fsp3) is 0.324. The number of nitrogens with zero attached hydrogens (tertiary/aromatic N) is 3. The maximum Gasteiger partial charge on any atom is 0.241 e. The third-order valence-electron chi connectivity index (χ3n) is 8.34. The molecule has 2 atom stereocenters. The zero-order chi connectivity index (χ0) is 31.9. The summed E-state index contributed by atoms with van der Waals surface area (Å²) in [5, 5.41) is 11.4. The molecule has 1 aliphatic carbocycles. The van der Waals surface area contributed by atoms with Crippen LogP contribution in [-0.4, -0.2) is 35.0 Å². The van der Waals surface area contributed by atoms with E-state index in [0.717, 1.165) is 35.2 Å². The van der Waals surface area contributed by atoms with E-state index < -0.39 is 5.92 Å². The van der Waals surface area contributed by atoms with E-state index in [2.05, 4.69) is 37.0 Å². The van der Waals surface area contributed by atoms with Crippen molar-refractivity contribution in [3.63, 3.8) is 0 Å². The number of hydrogen-bond acceptors (Lipinski definition) is 5. The van der Waals surface area contributed by atoms with E-state index in [1.807, 2.05) is 60.4 Å². The molecule has 1 amide bonds. The molecule has 1 aliphatic rings. The molecule has 1 heterocycles. The van der Waals surface area contributed by atoms with Crippen molar-refractivity contribution in [2.75, 3.05) is 13.2 Å². The minimum Gasteiger partial charge on any atom is -0.490 e. The van der Waals surface area contributed by atoms with Crippen LogP contribution in [0, 0.1) is 38.0 Å². The van der Waals surface area contributed by atoms with E-state index in [1.54, 1.807) is 18.3 Å². The Balaban J connectivity index is 1.32. The molecule has 1 saturated carbocycles. The molecule has 3 aromatic carbocycles. The molecule has 0 N–H and O–H groups in total. The first kappa shape index (κ1) is 32.3. The normalized spacial score (nSPS) is 13.9. The first-order valence-electron chi connectivity index (χ1n) is 15.2. The van der Waals surface area contributed by atoms with E-state index in [-0.39, 0.29) is 31.1 Å². The molecule has 0 spiro atoms. The van der Waals surface area contributed by atoms with Gasteiger partial charge < -0.3 is 14.4 Å². The summed E-state index contributed by atoms with van der Waals surface area (Å²) >= 11 is 12.6. The van der Waals surface area contributed by atoms with Gasteiger partial charge in [-0.1, -0.05) is 59.6 Å². The van der Waals surface area contributed by atoms with Crippen molar-refractivity contribution in [3.05, 3.63) is 123 Å². The number of carbonyl (C=O) groups is 1. The minimum atomic E-state index is -0.873. The lowest BCUT2D eigenvalue weighted by atomic mass is 9.82. The number of benzene rings is 3. The zero-order valence-corrected chi connectivity index (χ0v) is 27.3. The smallest absolute Gasteiger partial charge is 0.241 e. The highest BCUT2D eigenvalue weighted by atomic mass is 35.5. The number of hydrogen-bond donors (Lipinski definition) is 0. The van der Waals surface area contributed by atoms with Crippen molar-refractivity contribution in [2.24, 2.45) is 5.92 Å². The van der Waals surface area contributed by atoms with Crippen LogP contribution in [0.25, 0.3) is 0 Å². The molecule has 5 rings (SSSR count). The number of carbonyl (C=O) groups excluding carboxylic acids is 1. The molecule has 1 fully saturated rings. The molecular weight excluding hydrogens is 605 g/mol. The van der Waals surface area contributed by atoms with Crippen LogP contribution in [0.5, 0.6) is 11.5 Å². The summed E-state index contributed by atoms with van der Waals surface area (Å²) in [7, 11) is 0. The predicted molar refractivity (Wildman–Crippen MR) is 178 cm³/mol. The second-order valence-corrected chi connectivity index (χ2v) is 12.4. The number of aromatic nitrogens is 1. The average molecular weight is 643 g/mol. The van der Waals surface area contributed by atoms with Crippen molar-refractivity contribution in [1.29, 1.82) is 5.26 Å². The first-order chi connectivity index (χ1) is 21.7. The van der Waals surface area contributed by atoms with Gasteiger partial charge in [-0.2, -0.15) is 5.26 Å². The van der Waals surface area contributed by atoms with Crippen molar-refractivity contribution >= 4 is 29.1 Å². The lowest BCUT2D eigenvalue weighted by molar-refractivity contribution is -0.135. The Kier molecular flexibility index (Phi) is 10.7. The molecular formula is C37H37Cl2N3O3. The Morgan fingerprint density at radius 3 is 2.33 bits per heavy atom. The van der Waals surface area contributed by atoms with Crippen molar-refractivity contribution in [1.82, 2.24) is 9.88 Å². The summed E-state index contributed by atoms with van der Waals surface area (Å²) in [5.41, 5.74) is 6.15. The summed E-state index contributed by atoms with van der Waals surface area (Å²) in [6, 6.07) is 25.7. The quantitative estimate of drug-likeness (QED) is 0.137. The van der Waals surface area contributed by atoms with Crippen LogP contribution in [0.3, 0.4) is 0 Å². The van der Waals surface area contributed by atoms with Gasteiger partial charge in [0.1, 0.15) is 24.9 Å². The van der Waals surface area contributed by atoms with Gasteiger partial charge in [-0.25, -0.2) is 0 Å². The van der Waals surface area contributed by atoms with Gasteiger partial charge in [0.15, 0.2) is 5.75 Å². The van der Waals surface area contributed by atoms with Gasteiger partial charge >= 0.3 is 0 Å². The fourth-order valence-corrected chi connectivity index (χ4v) is 6.25. The molecule has 6 nitrogen and oxygen atoms in total. The number of amides is 1. The first-order valence-corrected chi connectivity index (χ1v) is 16.0. The number of pyridine rings is 1. The van der Waals surface area contributed by atoms with Gasteiger partial charge in [0, 0.05) is 30.4 Å². The maximum absolute atomic E-state index is 14.2. The van der Waals surface area contributed by atoms with Crippen LogP contribution < -0.4 is 9.47 Å². The molecule has 0 radical (unpaired) electrons. The summed E-state index contributed by atoms with van der Waals surface area (Å²) in [4.78, 5) is 20.7. The summed E-state index contributed by atoms with van der Waals surface area (Å²) in [6.07, 6.45) is 4.11. The molecule has 45 heavy (non-hydrogen) atoms. The van der Waals surface area contributed by atoms with Gasteiger partial charge in [-0.15, -0.1) is 0 Å². The number of halogens is 2. The number of rotatable bonds is 13. The third-order valence-corrected chi connectivity index (χ3v) is 8.90. The van der Waals surface area contributed by atoms with E-state index in [1.165, 1.54) is 11.1 Å². The van der Waals surface area contributed by atoms with Gasteiger partial charge in [0.05, 0.1) is 16.1 Å². The Morgan fingerprint density at radius 1 is 0.978 bits per heavy atom. The van der Waals surface area contributed by atoms with Crippen LogP contribution in [-0.2, 0) is 17.8 Å². The Morgan fingerprint density at radius 2 is 1.69 bits per heavy atom. The monoisotopic (exact) mass is 641 g/mol. The number of nitriles is 1. The lowest BCUT2D eigenvalue weighted by Crippen LogP contribution is -2.39. The number of ether oxygens (including phenoxy) is 2. The molecule has 8 heteroatoms. The number of aryl methyl sites for hydroxylation is 2. The van der Waals surface area contributed by atoms with Crippen molar-refractivity contribution in [2.45, 2.75) is 58.5 Å². The molecule has 0 saturated heterocycles. The standard InChI is InChI=1S/C37H37Cl2N3O3/c1-24-19-34(38)36(35(39)20-24)45-18-17-44-31-14-10-27(11-15-31)32(21-29-9-4-5-16-41-29)33(22-40)37(43)42(30-12-13-30)23-28-8-6-7-25(2)26(28)3/h4-11,14-16,19-20,30,32-33H,12-13,17-18,21,23H2,1-3H3. The maximum atomic E-state index is 14.2. The van der Waals surface area contributed by atoms with Crippen LogP contribution in [0.2, 0.25) is 10.0 Å². The second kappa shape index (κ2) is 14.8. The van der Waals surface area contributed by atoms with Gasteiger partial charge in [-0.3, -0.25) is 9.78 Å². The molecule has 0 aliphatic heterocycles. The minimum absolute atomic E-state index is 0.132. The third kappa shape index (κ3) is 8.16. The van der Waals surface area contributed by atoms with Crippen LogP contribution in [0.4, 0.5) is 0 Å². The molecule has 232 valence electrons. The Bertz CT molecular complexity index is 1640. The van der Waals surface area contributed by atoms with E-state index in [0.29, 0.717) is 34.5 Å². The van der Waals surface area contributed by atoms with Crippen LogP contribution >= 0.6 is 23.2 Å². The Hall–Kier alpha value is -4.05. The van der Waals surface area contributed by atoms with Crippen LogP contribution in [0.1, 0.15) is 52.3 Å². The lowest BCUT2D eigenvalue weighted by Gasteiger charge is -2.30. The van der Waals surface area contributed by atoms with Crippen molar-refractivity contribution < 1.29 is 14.3 Å². The summed E-state index contributed by atoms with van der Waals surface area (Å²) in [5.74, 6) is -0.310. The molecule has 4 aromatic rings. The van der Waals surface area contributed by atoms with E-state index in [9.17, 15) is 10.1 Å². The second-order valence-electron chi connectivity index (χ2n) is 11.6. The van der Waals surface area contributed by atoms with Gasteiger partial charge in [0.2, 0.25) is 5.91 Å². The van der Waals surface area contributed by atoms with Crippen molar-refractivity contribution in [3.8, 4) is 17.6 Å². The molecule has 0 bridgehead atoms. The van der Waals surface area contributed by atoms with E-state index in [4.69, 9.17) is 32.7 Å². The SMILES string of the molecule is Cc1cc(Cl)c(OCCOc2ccc(C(Cc3ccccn3)C(C#N)C(=O)N(Cc3cccc(C)c3C)C3CC3)cc2)c(Cl)c1. The fourth-order valence-electron chi connectivity index (χ4n) is 5.55. The average Bonchev–Trinajstić information content (AvgIpc) is 3.87. The van der Waals surface area contributed by atoms with Gasteiger partial charge in [-0.05, 0) is 104 Å². The molecule has 2 unspecified atom stereocenters. The highest BCUT2D eigenvalue weighted by molar-refractivity contribution is 6.37. The topological polar surface area (TPSA) is 75.5 Å². The summed E-state index contributed by atoms with van der Waals surface area (Å²) in [6.45, 7) is 7.13. The predicted octanol–water partition coefficient (Wildman–Crippen LogP) is 8.43. The highest BCUT2D eigenvalue weighted by Gasteiger charge is 2.40. The van der Waals surface area contributed by atoms with E-state index >= 15 is 0 Å². The zero-order valence-electron chi connectivity index (χ0n) is 25.8. The summed E-state index contributed by atoms with van der Waals surface area (Å²) < 4.78 is 11.7. The highest BCUT2D eigenvalue weighted by Crippen LogP contribution is 2.36. The van der Waals surface area contributed by atoms with Gasteiger partial charge in [0.25, 0.3) is 0 Å². The Labute approximate surface area is 275 Å². The largest absolute Gasteiger partial charge is 0.490 e. The van der Waals surface area contributed by atoms with Crippen LogP contribution in [0.15, 0.2) is 79.0 Å². The molecule has 1 aromatic heterocycles.